The molecule has 6 nitrogen and oxygen atoms in total. The fourth-order valence-electron chi connectivity index (χ4n) is 3.45. The lowest BCUT2D eigenvalue weighted by Crippen LogP contribution is -2.30. The number of ether oxygens (including phenoxy) is 1. The first-order valence-corrected chi connectivity index (χ1v) is 8.66. The number of aromatic nitrogens is 3. The quantitative estimate of drug-likeness (QED) is 0.726. The summed E-state index contributed by atoms with van der Waals surface area (Å²) in [6, 6.07) is 15.6. The van der Waals surface area contributed by atoms with E-state index in [9.17, 15) is 4.79 Å². The van der Waals surface area contributed by atoms with E-state index in [0.29, 0.717) is 5.56 Å². The third-order valence-electron chi connectivity index (χ3n) is 4.81. The molecule has 1 fully saturated rings. The summed E-state index contributed by atoms with van der Waals surface area (Å²) in [5, 5.41) is 4.10. The zero-order valence-electron chi connectivity index (χ0n) is 14.6. The van der Waals surface area contributed by atoms with Crippen molar-refractivity contribution >= 4 is 5.91 Å². The predicted molar refractivity (Wildman–Crippen MR) is 97.4 cm³/mol. The summed E-state index contributed by atoms with van der Waals surface area (Å²) in [4.78, 5) is 18.9. The molecule has 1 aliphatic heterocycles. The van der Waals surface area contributed by atoms with Gasteiger partial charge in [0.25, 0.3) is 5.91 Å². The Morgan fingerprint density at radius 3 is 2.54 bits per heavy atom. The van der Waals surface area contributed by atoms with E-state index in [1.165, 1.54) is 6.33 Å². The zero-order chi connectivity index (χ0) is 17.9. The van der Waals surface area contributed by atoms with Crippen LogP contribution in [0.25, 0.3) is 5.69 Å². The van der Waals surface area contributed by atoms with Gasteiger partial charge in [-0.05, 0) is 54.8 Å². The molecule has 1 atom stereocenters. The Labute approximate surface area is 152 Å². The molecule has 0 bridgehead atoms. The van der Waals surface area contributed by atoms with Crippen molar-refractivity contribution in [3.63, 3.8) is 0 Å². The molecule has 4 rings (SSSR count). The van der Waals surface area contributed by atoms with Crippen LogP contribution in [-0.2, 0) is 0 Å². The number of hydrogen-bond acceptors (Lipinski definition) is 4. The van der Waals surface area contributed by atoms with E-state index in [4.69, 9.17) is 4.74 Å². The van der Waals surface area contributed by atoms with E-state index in [2.05, 4.69) is 10.1 Å². The molecule has 0 aliphatic carbocycles. The molecule has 3 aromatic rings. The highest BCUT2D eigenvalue weighted by Crippen LogP contribution is 2.34. The summed E-state index contributed by atoms with van der Waals surface area (Å²) in [7, 11) is 1.66. The Hall–Kier alpha value is -3.15. The van der Waals surface area contributed by atoms with Crippen LogP contribution in [0.5, 0.6) is 5.75 Å². The Morgan fingerprint density at radius 2 is 1.88 bits per heavy atom. The van der Waals surface area contributed by atoms with Gasteiger partial charge >= 0.3 is 0 Å². The fraction of sp³-hybridized carbons (Fsp3) is 0.250. The van der Waals surface area contributed by atoms with Crippen molar-refractivity contribution < 1.29 is 9.53 Å². The molecule has 0 radical (unpaired) electrons. The molecule has 2 aromatic carbocycles. The first kappa shape index (κ1) is 16.3. The molecule has 1 saturated heterocycles. The first-order valence-electron chi connectivity index (χ1n) is 8.66. The Balaban J connectivity index is 1.54. The molecule has 2 heterocycles. The van der Waals surface area contributed by atoms with Gasteiger partial charge in [-0.3, -0.25) is 4.79 Å². The van der Waals surface area contributed by atoms with E-state index in [-0.39, 0.29) is 11.9 Å². The number of amides is 1. The van der Waals surface area contributed by atoms with Gasteiger partial charge in [0, 0.05) is 12.1 Å². The van der Waals surface area contributed by atoms with E-state index >= 15 is 0 Å². The summed E-state index contributed by atoms with van der Waals surface area (Å²) >= 11 is 0. The highest BCUT2D eigenvalue weighted by Gasteiger charge is 2.30. The Kier molecular flexibility index (Phi) is 4.39. The summed E-state index contributed by atoms with van der Waals surface area (Å²) in [6.45, 7) is 0.778. The van der Waals surface area contributed by atoms with Crippen molar-refractivity contribution in [3.05, 3.63) is 72.3 Å². The van der Waals surface area contributed by atoms with Gasteiger partial charge in [0.15, 0.2) is 0 Å². The molecule has 1 amide bonds. The number of carbonyl (C=O) groups excluding carboxylic acids is 1. The second kappa shape index (κ2) is 7.00. The number of methoxy groups -OCH3 is 1. The van der Waals surface area contributed by atoms with Crippen LogP contribution in [0.2, 0.25) is 0 Å². The third kappa shape index (κ3) is 3.06. The SMILES string of the molecule is COc1ccc(C2CCCN2C(=O)c2ccc(-n3cncn3)cc2)cc1. The van der Waals surface area contributed by atoms with Crippen LogP contribution in [0.1, 0.15) is 34.8 Å². The van der Waals surface area contributed by atoms with E-state index in [0.717, 1.165) is 36.4 Å². The summed E-state index contributed by atoms with van der Waals surface area (Å²) in [6.07, 6.45) is 5.12. The van der Waals surface area contributed by atoms with Crippen LogP contribution in [-0.4, -0.2) is 39.2 Å². The predicted octanol–water partition coefficient (Wildman–Crippen LogP) is 3.25. The topological polar surface area (TPSA) is 60.2 Å². The lowest BCUT2D eigenvalue weighted by Gasteiger charge is -2.25. The molecule has 1 aromatic heterocycles. The van der Waals surface area contributed by atoms with Crippen molar-refractivity contribution in [1.29, 1.82) is 0 Å². The maximum Gasteiger partial charge on any atom is 0.254 e. The highest BCUT2D eigenvalue weighted by atomic mass is 16.5. The standard InChI is InChI=1S/C20H20N4O2/c1-26-18-10-6-15(7-11-18)19-3-2-12-23(19)20(25)16-4-8-17(9-5-16)24-14-21-13-22-24/h4-11,13-14,19H,2-3,12H2,1H3. The van der Waals surface area contributed by atoms with Crippen LogP contribution in [0.3, 0.4) is 0 Å². The minimum Gasteiger partial charge on any atom is -0.497 e. The van der Waals surface area contributed by atoms with Gasteiger partial charge in [-0.15, -0.1) is 0 Å². The van der Waals surface area contributed by atoms with Gasteiger partial charge in [0.1, 0.15) is 18.4 Å². The number of benzene rings is 2. The molecule has 0 N–H and O–H groups in total. The molecule has 6 heteroatoms. The van der Waals surface area contributed by atoms with Gasteiger partial charge in [0.05, 0.1) is 18.8 Å². The molecule has 1 unspecified atom stereocenters. The number of carbonyl (C=O) groups is 1. The molecular formula is C20H20N4O2. The van der Waals surface area contributed by atoms with E-state index in [1.54, 1.807) is 18.1 Å². The number of nitrogens with zero attached hydrogens (tertiary/aromatic N) is 4. The van der Waals surface area contributed by atoms with Crippen LogP contribution >= 0.6 is 0 Å². The second-order valence-corrected chi connectivity index (χ2v) is 6.32. The maximum atomic E-state index is 13.0. The normalized spacial score (nSPS) is 16.7. The monoisotopic (exact) mass is 348 g/mol. The van der Waals surface area contributed by atoms with E-state index in [1.807, 2.05) is 53.4 Å². The Morgan fingerprint density at radius 1 is 1.12 bits per heavy atom. The van der Waals surface area contributed by atoms with Gasteiger partial charge in [-0.1, -0.05) is 12.1 Å². The number of hydrogen-bond donors (Lipinski definition) is 0. The lowest BCUT2D eigenvalue weighted by atomic mass is 10.0. The van der Waals surface area contributed by atoms with Crippen molar-refractivity contribution in [2.24, 2.45) is 0 Å². The summed E-state index contributed by atoms with van der Waals surface area (Å²) in [5.41, 5.74) is 2.72. The van der Waals surface area contributed by atoms with Crippen molar-refractivity contribution in [3.8, 4) is 11.4 Å². The molecule has 0 spiro atoms. The van der Waals surface area contributed by atoms with Gasteiger partial charge in [-0.25, -0.2) is 9.67 Å². The minimum atomic E-state index is 0.0634. The molecule has 132 valence electrons. The van der Waals surface area contributed by atoms with Crippen LogP contribution in [0.15, 0.2) is 61.2 Å². The molecular weight excluding hydrogens is 328 g/mol. The van der Waals surface area contributed by atoms with Gasteiger partial charge in [0.2, 0.25) is 0 Å². The average molecular weight is 348 g/mol. The van der Waals surface area contributed by atoms with Crippen LogP contribution in [0.4, 0.5) is 0 Å². The average Bonchev–Trinajstić information content (AvgIpc) is 3.40. The van der Waals surface area contributed by atoms with Crippen molar-refractivity contribution in [2.45, 2.75) is 18.9 Å². The molecule has 1 aliphatic rings. The summed E-state index contributed by atoms with van der Waals surface area (Å²) < 4.78 is 6.90. The third-order valence-corrected chi connectivity index (χ3v) is 4.81. The largest absolute Gasteiger partial charge is 0.497 e. The van der Waals surface area contributed by atoms with Crippen LogP contribution in [0, 0.1) is 0 Å². The second-order valence-electron chi connectivity index (χ2n) is 6.32. The maximum absolute atomic E-state index is 13.0. The number of likely N-dealkylation sites (tertiary alicyclic amines) is 1. The first-order chi connectivity index (χ1) is 12.8. The highest BCUT2D eigenvalue weighted by molar-refractivity contribution is 5.94. The Bertz CT molecular complexity index is 873. The lowest BCUT2D eigenvalue weighted by molar-refractivity contribution is 0.0735. The van der Waals surface area contributed by atoms with Gasteiger partial charge in [-0.2, -0.15) is 5.10 Å². The van der Waals surface area contributed by atoms with Gasteiger partial charge < -0.3 is 9.64 Å². The zero-order valence-corrected chi connectivity index (χ0v) is 14.6. The van der Waals surface area contributed by atoms with Crippen LogP contribution < -0.4 is 4.74 Å². The number of rotatable bonds is 4. The summed E-state index contributed by atoms with van der Waals surface area (Å²) in [5.74, 6) is 0.891. The molecule has 0 saturated carbocycles. The minimum absolute atomic E-state index is 0.0634. The fourth-order valence-corrected chi connectivity index (χ4v) is 3.45. The van der Waals surface area contributed by atoms with Crippen molar-refractivity contribution in [1.82, 2.24) is 19.7 Å². The van der Waals surface area contributed by atoms with E-state index < -0.39 is 0 Å². The van der Waals surface area contributed by atoms with Crippen molar-refractivity contribution in [2.75, 3.05) is 13.7 Å². The molecule has 26 heavy (non-hydrogen) atoms. The smallest absolute Gasteiger partial charge is 0.254 e.